The SMILES string of the molecule is CC(=O)O.Nc1nc(N2CCC(NC(=O)C3(Cc4ccccc4F)CNC3)CC2)cc(=O)[nH]1. The van der Waals surface area contributed by atoms with Crippen LogP contribution in [0, 0.1) is 11.2 Å². The van der Waals surface area contributed by atoms with Gasteiger partial charge in [0.25, 0.3) is 11.5 Å². The van der Waals surface area contributed by atoms with Crippen LogP contribution in [0.25, 0.3) is 0 Å². The number of aromatic amines is 1. The molecule has 2 aromatic rings. The van der Waals surface area contributed by atoms with Crippen LogP contribution in [0.1, 0.15) is 25.3 Å². The molecular formula is C22H29FN6O4. The van der Waals surface area contributed by atoms with Crippen LogP contribution in [-0.4, -0.2) is 59.2 Å². The molecule has 3 heterocycles. The Morgan fingerprint density at radius 2 is 1.94 bits per heavy atom. The number of hydrogen-bond donors (Lipinski definition) is 5. The number of aromatic nitrogens is 2. The van der Waals surface area contributed by atoms with Crippen LogP contribution in [0.15, 0.2) is 35.1 Å². The lowest BCUT2D eigenvalue weighted by atomic mass is 9.75. The van der Waals surface area contributed by atoms with Gasteiger partial charge in [0.2, 0.25) is 11.9 Å². The molecule has 1 aromatic carbocycles. The Balaban J connectivity index is 0.000000709. The minimum atomic E-state index is -0.833. The van der Waals surface area contributed by atoms with E-state index in [1.165, 1.54) is 12.1 Å². The molecule has 4 rings (SSSR count). The number of benzene rings is 1. The molecule has 6 N–H and O–H groups in total. The molecule has 0 aliphatic carbocycles. The molecular weight excluding hydrogens is 431 g/mol. The van der Waals surface area contributed by atoms with E-state index in [0.717, 1.165) is 19.8 Å². The van der Waals surface area contributed by atoms with Crippen molar-refractivity contribution in [1.29, 1.82) is 0 Å². The minimum absolute atomic E-state index is 0.0310. The minimum Gasteiger partial charge on any atom is -0.481 e. The fourth-order valence-electron chi connectivity index (χ4n) is 4.02. The highest BCUT2D eigenvalue weighted by Crippen LogP contribution is 2.30. The van der Waals surface area contributed by atoms with Crippen molar-refractivity contribution < 1.29 is 19.1 Å². The Bertz CT molecular complexity index is 1040. The molecule has 1 aromatic heterocycles. The quantitative estimate of drug-likeness (QED) is 0.432. The summed E-state index contributed by atoms with van der Waals surface area (Å²) in [6, 6.07) is 8.08. The van der Waals surface area contributed by atoms with Gasteiger partial charge >= 0.3 is 0 Å². The van der Waals surface area contributed by atoms with Crippen molar-refractivity contribution in [3.05, 3.63) is 52.1 Å². The zero-order valence-corrected chi connectivity index (χ0v) is 18.4. The highest BCUT2D eigenvalue weighted by atomic mass is 19.1. The molecule has 2 fully saturated rings. The largest absolute Gasteiger partial charge is 0.481 e. The topological polar surface area (TPSA) is 153 Å². The third-order valence-electron chi connectivity index (χ3n) is 5.80. The number of piperidine rings is 1. The summed E-state index contributed by atoms with van der Waals surface area (Å²) in [5.74, 6) is -0.494. The summed E-state index contributed by atoms with van der Waals surface area (Å²) in [4.78, 5) is 42.2. The number of nitrogens with two attached hydrogens (primary N) is 1. The van der Waals surface area contributed by atoms with E-state index in [4.69, 9.17) is 15.6 Å². The number of carboxylic acids is 1. The number of nitrogens with zero attached hydrogens (tertiary/aromatic N) is 2. The van der Waals surface area contributed by atoms with Gasteiger partial charge in [-0.05, 0) is 30.9 Å². The maximum atomic E-state index is 14.1. The predicted molar refractivity (Wildman–Crippen MR) is 121 cm³/mol. The van der Waals surface area contributed by atoms with Crippen LogP contribution >= 0.6 is 0 Å². The van der Waals surface area contributed by atoms with E-state index in [1.54, 1.807) is 18.2 Å². The molecule has 33 heavy (non-hydrogen) atoms. The number of aliphatic carboxylic acids is 1. The molecule has 11 heteroatoms. The molecule has 178 valence electrons. The number of carbonyl (C=O) groups excluding carboxylic acids is 1. The normalized spacial score (nSPS) is 17.3. The summed E-state index contributed by atoms with van der Waals surface area (Å²) in [7, 11) is 0. The lowest BCUT2D eigenvalue weighted by Gasteiger charge is -2.43. The van der Waals surface area contributed by atoms with E-state index in [9.17, 15) is 14.0 Å². The van der Waals surface area contributed by atoms with Gasteiger partial charge in [-0.3, -0.25) is 19.4 Å². The Labute approximate surface area is 190 Å². The van der Waals surface area contributed by atoms with Gasteiger partial charge in [-0.2, -0.15) is 4.98 Å². The summed E-state index contributed by atoms with van der Waals surface area (Å²) in [5.41, 5.74) is 5.30. The third kappa shape index (κ3) is 6.28. The van der Waals surface area contributed by atoms with Gasteiger partial charge in [0.05, 0.1) is 5.41 Å². The number of anilines is 2. The van der Waals surface area contributed by atoms with Crippen LogP contribution in [0.2, 0.25) is 0 Å². The van der Waals surface area contributed by atoms with Gasteiger partial charge in [-0.1, -0.05) is 18.2 Å². The maximum absolute atomic E-state index is 14.1. The van der Waals surface area contributed by atoms with Gasteiger partial charge in [0.1, 0.15) is 11.6 Å². The number of nitrogens with one attached hydrogen (secondary N) is 3. The van der Waals surface area contributed by atoms with Crippen LogP contribution in [0.3, 0.4) is 0 Å². The first-order valence-electron chi connectivity index (χ1n) is 10.7. The maximum Gasteiger partial charge on any atom is 0.300 e. The number of H-pyrrole nitrogens is 1. The molecule has 0 atom stereocenters. The van der Waals surface area contributed by atoms with Crippen molar-refractivity contribution in [1.82, 2.24) is 20.6 Å². The van der Waals surface area contributed by atoms with Crippen molar-refractivity contribution in [2.75, 3.05) is 36.8 Å². The number of rotatable bonds is 5. The van der Waals surface area contributed by atoms with E-state index >= 15 is 0 Å². The Kier molecular flexibility index (Phi) is 7.64. The fourth-order valence-corrected chi connectivity index (χ4v) is 4.02. The smallest absolute Gasteiger partial charge is 0.300 e. The van der Waals surface area contributed by atoms with Crippen molar-refractivity contribution in [2.45, 2.75) is 32.2 Å². The zero-order valence-electron chi connectivity index (χ0n) is 18.4. The van der Waals surface area contributed by atoms with E-state index in [0.29, 0.717) is 44.0 Å². The monoisotopic (exact) mass is 460 g/mol. The highest BCUT2D eigenvalue weighted by Gasteiger charge is 2.45. The van der Waals surface area contributed by atoms with Gasteiger partial charge in [-0.15, -0.1) is 0 Å². The fraction of sp³-hybridized carbons (Fsp3) is 0.455. The predicted octanol–water partition coefficient (Wildman–Crippen LogP) is 0.499. The third-order valence-corrected chi connectivity index (χ3v) is 5.80. The van der Waals surface area contributed by atoms with Gasteiger partial charge < -0.3 is 26.4 Å². The van der Waals surface area contributed by atoms with Crippen LogP contribution in [-0.2, 0) is 16.0 Å². The molecule has 0 spiro atoms. The first-order valence-corrected chi connectivity index (χ1v) is 10.7. The number of hydrogen-bond acceptors (Lipinski definition) is 7. The summed E-state index contributed by atoms with van der Waals surface area (Å²) in [6.07, 6.45) is 1.86. The highest BCUT2D eigenvalue weighted by molar-refractivity contribution is 5.85. The van der Waals surface area contributed by atoms with Crippen molar-refractivity contribution in [2.24, 2.45) is 5.41 Å². The first kappa shape index (κ1) is 24.2. The second kappa shape index (κ2) is 10.4. The number of nitrogen functional groups attached to an aromatic ring is 1. The van der Waals surface area contributed by atoms with E-state index < -0.39 is 11.4 Å². The number of carboxylic acid groups (broad SMARTS) is 1. The number of carbonyl (C=O) groups is 2. The van der Waals surface area contributed by atoms with Crippen molar-refractivity contribution >= 4 is 23.6 Å². The van der Waals surface area contributed by atoms with E-state index in [1.807, 2.05) is 4.90 Å². The summed E-state index contributed by atoms with van der Waals surface area (Å²) in [6.45, 7) is 3.50. The molecule has 10 nitrogen and oxygen atoms in total. The van der Waals surface area contributed by atoms with Gasteiger partial charge in [-0.25, -0.2) is 4.39 Å². The van der Waals surface area contributed by atoms with Gasteiger partial charge in [0.15, 0.2) is 0 Å². The van der Waals surface area contributed by atoms with Gasteiger partial charge in [0, 0.05) is 45.2 Å². The second-order valence-electron chi connectivity index (χ2n) is 8.39. The van der Waals surface area contributed by atoms with E-state index in [-0.39, 0.29) is 29.3 Å². The van der Waals surface area contributed by atoms with Crippen LogP contribution in [0.5, 0.6) is 0 Å². The molecule has 1 amide bonds. The molecule has 0 unspecified atom stereocenters. The van der Waals surface area contributed by atoms with E-state index in [2.05, 4.69) is 20.6 Å². The Morgan fingerprint density at radius 3 is 2.48 bits per heavy atom. The lowest BCUT2D eigenvalue weighted by Crippen LogP contribution is -2.64. The van der Waals surface area contributed by atoms with Crippen molar-refractivity contribution in [3.8, 4) is 0 Å². The van der Waals surface area contributed by atoms with Crippen LogP contribution < -0.4 is 26.8 Å². The summed E-state index contributed by atoms with van der Waals surface area (Å²) >= 11 is 0. The molecule has 2 saturated heterocycles. The second-order valence-corrected chi connectivity index (χ2v) is 8.39. The molecule has 2 aliphatic rings. The number of amides is 1. The number of halogens is 1. The molecule has 0 saturated carbocycles. The molecule has 0 bridgehead atoms. The average Bonchev–Trinajstić information content (AvgIpc) is 2.71. The zero-order chi connectivity index (χ0) is 24.0. The summed E-state index contributed by atoms with van der Waals surface area (Å²) < 4.78 is 14.1. The Morgan fingerprint density at radius 1 is 1.30 bits per heavy atom. The molecule has 0 radical (unpaired) electrons. The standard InChI is InChI=1S/C20H25FN6O2.C2H4O2/c21-15-4-2-1-3-13(15)10-20(11-23-12-20)18(29)24-14-5-7-27(8-6-14)16-9-17(28)26-19(22)25-16;1-2(3)4/h1-4,9,14,23H,5-8,10-12H2,(H,24,29)(H3,22,25,26,28);1H3,(H,3,4). The average molecular weight is 461 g/mol. The lowest BCUT2D eigenvalue weighted by molar-refractivity contribution is -0.135. The van der Waals surface area contributed by atoms with Crippen molar-refractivity contribution in [3.63, 3.8) is 0 Å². The van der Waals surface area contributed by atoms with Crippen LogP contribution in [0.4, 0.5) is 16.2 Å². The first-order chi connectivity index (χ1) is 15.7. The molecule has 2 aliphatic heterocycles. The summed E-state index contributed by atoms with van der Waals surface area (Å²) in [5, 5.41) is 13.7. The Hall–Kier alpha value is -3.47.